The Hall–Kier alpha value is -0.940. The van der Waals surface area contributed by atoms with Crippen LogP contribution < -0.4 is 5.32 Å². The summed E-state index contributed by atoms with van der Waals surface area (Å²) in [7, 11) is 0. The van der Waals surface area contributed by atoms with Crippen molar-refractivity contribution in [1.29, 1.82) is 0 Å². The Morgan fingerprint density at radius 1 is 1.35 bits per heavy atom. The lowest BCUT2D eigenvalue weighted by Gasteiger charge is -2.13. The van der Waals surface area contributed by atoms with E-state index in [2.05, 4.69) is 5.32 Å². The summed E-state index contributed by atoms with van der Waals surface area (Å²) in [6.45, 7) is 0. The van der Waals surface area contributed by atoms with Crippen LogP contribution in [0.25, 0.3) is 0 Å². The van der Waals surface area contributed by atoms with Crippen LogP contribution in [0.1, 0.15) is 12.0 Å². The molecule has 0 heterocycles. The maximum absolute atomic E-state index is 12.6. The molecule has 0 aliphatic heterocycles. The lowest BCUT2D eigenvalue weighted by atomic mass is 10.1. The Bertz CT molecular complexity index is 421. The van der Waals surface area contributed by atoms with E-state index in [9.17, 15) is 18.0 Å². The SMILES string of the molecule is O=C(CCCl)Nc1ccc(Cl)cc1C(F)(F)F. The summed E-state index contributed by atoms with van der Waals surface area (Å²) in [4.78, 5) is 11.2. The van der Waals surface area contributed by atoms with Gasteiger partial charge in [-0.25, -0.2) is 0 Å². The van der Waals surface area contributed by atoms with Crippen LogP contribution in [-0.4, -0.2) is 11.8 Å². The molecule has 1 aromatic carbocycles. The van der Waals surface area contributed by atoms with E-state index in [1.54, 1.807) is 0 Å². The van der Waals surface area contributed by atoms with Crippen molar-refractivity contribution in [1.82, 2.24) is 0 Å². The van der Waals surface area contributed by atoms with E-state index in [4.69, 9.17) is 23.2 Å². The first-order chi connectivity index (χ1) is 7.84. The topological polar surface area (TPSA) is 29.1 Å². The summed E-state index contributed by atoms with van der Waals surface area (Å²) in [5, 5.41) is 2.09. The van der Waals surface area contributed by atoms with E-state index in [-0.39, 0.29) is 23.0 Å². The van der Waals surface area contributed by atoms with Gasteiger partial charge in [-0.3, -0.25) is 4.79 Å². The first kappa shape index (κ1) is 14.1. The van der Waals surface area contributed by atoms with E-state index >= 15 is 0 Å². The molecule has 1 N–H and O–H groups in total. The molecule has 17 heavy (non-hydrogen) atoms. The molecule has 2 nitrogen and oxygen atoms in total. The lowest BCUT2D eigenvalue weighted by Crippen LogP contribution is -2.16. The molecule has 0 saturated heterocycles. The van der Waals surface area contributed by atoms with Gasteiger partial charge >= 0.3 is 6.18 Å². The monoisotopic (exact) mass is 285 g/mol. The minimum Gasteiger partial charge on any atom is -0.325 e. The third-order valence-electron chi connectivity index (χ3n) is 1.88. The van der Waals surface area contributed by atoms with Crippen molar-refractivity contribution >= 4 is 34.8 Å². The van der Waals surface area contributed by atoms with Gasteiger partial charge in [0.1, 0.15) is 0 Å². The van der Waals surface area contributed by atoms with Gasteiger partial charge in [-0.05, 0) is 18.2 Å². The number of benzene rings is 1. The smallest absolute Gasteiger partial charge is 0.325 e. The minimum atomic E-state index is -4.57. The Morgan fingerprint density at radius 3 is 2.53 bits per heavy atom. The molecule has 0 atom stereocenters. The molecular formula is C10H8Cl2F3NO. The standard InChI is InChI=1S/C10H8Cl2F3NO/c11-4-3-9(17)16-8-2-1-6(12)5-7(8)10(13,14)15/h1-2,5H,3-4H2,(H,16,17). The van der Waals surface area contributed by atoms with Crippen molar-refractivity contribution in [3.05, 3.63) is 28.8 Å². The van der Waals surface area contributed by atoms with Crippen LogP contribution in [0, 0.1) is 0 Å². The molecule has 0 spiro atoms. The molecule has 0 saturated carbocycles. The van der Waals surface area contributed by atoms with Crippen molar-refractivity contribution in [3.8, 4) is 0 Å². The summed E-state index contributed by atoms with van der Waals surface area (Å²) < 4.78 is 37.9. The van der Waals surface area contributed by atoms with E-state index in [1.807, 2.05) is 0 Å². The van der Waals surface area contributed by atoms with Gasteiger partial charge < -0.3 is 5.32 Å². The Balaban J connectivity index is 3.03. The number of anilines is 1. The fourth-order valence-corrected chi connectivity index (χ4v) is 1.50. The predicted octanol–water partition coefficient (Wildman–Crippen LogP) is 3.93. The van der Waals surface area contributed by atoms with Crippen LogP contribution in [0.5, 0.6) is 0 Å². The molecule has 94 valence electrons. The third-order valence-corrected chi connectivity index (χ3v) is 2.31. The summed E-state index contributed by atoms with van der Waals surface area (Å²) in [5.41, 5.74) is -1.30. The lowest BCUT2D eigenvalue weighted by molar-refractivity contribution is -0.137. The van der Waals surface area contributed by atoms with Gasteiger partial charge in [-0.1, -0.05) is 11.6 Å². The summed E-state index contributed by atoms with van der Waals surface area (Å²) in [6, 6.07) is 3.14. The van der Waals surface area contributed by atoms with Crippen LogP contribution >= 0.6 is 23.2 Å². The van der Waals surface area contributed by atoms with Crippen LogP contribution in [-0.2, 0) is 11.0 Å². The molecule has 0 aliphatic rings. The Labute approximate surface area is 106 Å². The van der Waals surface area contributed by atoms with Crippen molar-refractivity contribution in [2.45, 2.75) is 12.6 Å². The molecule has 0 fully saturated rings. The second-order valence-electron chi connectivity index (χ2n) is 3.17. The fraction of sp³-hybridized carbons (Fsp3) is 0.300. The average molecular weight is 286 g/mol. The van der Waals surface area contributed by atoms with Gasteiger partial charge in [-0.15, -0.1) is 11.6 Å². The van der Waals surface area contributed by atoms with E-state index in [0.717, 1.165) is 12.1 Å². The predicted molar refractivity (Wildman–Crippen MR) is 60.4 cm³/mol. The molecule has 0 unspecified atom stereocenters. The zero-order chi connectivity index (χ0) is 13.1. The molecule has 0 aliphatic carbocycles. The van der Waals surface area contributed by atoms with Crippen molar-refractivity contribution < 1.29 is 18.0 Å². The summed E-state index contributed by atoms with van der Waals surface area (Å²) >= 11 is 10.8. The summed E-state index contributed by atoms with van der Waals surface area (Å²) in [5.74, 6) is -0.534. The van der Waals surface area contributed by atoms with E-state index < -0.39 is 17.6 Å². The number of carbonyl (C=O) groups excluding carboxylic acids is 1. The van der Waals surface area contributed by atoms with Gasteiger partial charge in [0, 0.05) is 17.3 Å². The second-order valence-corrected chi connectivity index (χ2v) is 3.99. The van der Waals surface area contributed by atoms with E-state index in [0.29, 0.717) is 0 Å². The average Bonchev–Trinajstić information content (AvgIpc) is 2.19. The van der Waals surface area contributed by atoms with Gasteiger partial charge in [0.05, 0.1) is 11.3 Å². The molecule has 0 aromatic heterocycles. The zero-order valence-corrected chi connectivity index (χ0v) is 9.96. The first-order valence-electron chi connectivity index (χ1n) is 4.57. The van der Waals surface area contributed by atoms with Crippen LogP contribution in [0.15, 0.2) is 18.2 Å². The molecule has 0 bridgehead atoms. The number of amides is 1. The van der Waals surface area contributed by atoms with Gasteiger partial charge in [0.2, 0.25) is 5.91 Å². The molecule has 1 amide bonds. The first-order valence-corrected chi connectivity index (χ1v) is 5.48. The fourth-order valence-electron chi connectivity index (χ4n) is 1.16. The minimum absolute atomic E-state index is 0.0424. The Kier molecular flexibility index (Phi) is 4.65. The maximum Gasteiger partial charge on any atom is 0.418 e. The number of nitrogens with one attached hydrogen (secondary N) is 1. The summed E-state index contributed by atoms with van der Waals surface area (Å²) in [6.07, 6.45) is -4.63. The molecule has 0 radical (unpaired) electrons. The van der Waals surface area contributed by atoms with Gasteiger partial charge in [0.15, 0.2) is 0 Å². The number of hydrogen-bond acceptors (Lipinski definition) is 1. The number of alkyl halides is 4. The number of halogens is 5. The second kappa shape index (κ2) is 5.60. The van der Waals surface area contributed by atoms with Crippen molar-refractivity contribution in [2.75, 3.05) is 11.2 Å². The largest absolute Gasteiger partial charge is 0.418 e. The highest BCUT2D eigenvalue weighted by Gasteiger charge is 2.34. The number of rotatable bonds is 3. The van der Waals surface area contributed by atoms with E-state index in [1.165, 1.54) is 6.07 Å². The number of carbonyl (C=O) groups is 1. The highest BCUT2D eigenvalue weighted by atomic mass is 35.5. The quantitative estimate of drug-likeness (QED) is 0.838. The zero-order valence-electron chi connectivity index (χ0n) is 8.44. The normalized spacial score (nSPS) is 11.4. The van der Waals surface area contributed by atoms with Crippen molar-refractivity contribution in [2.24, 2.45) is 0 Å². The highest BCUT2D eigenvalue weighted by molar-refractivity contribution is 6.30. The molecule has 7 heteroatoms. The van der Waals surface area contributed by atoms with Gasteiger partial charge in [-0.2, -0.15) is 13.2 Å². The molecule has 1 aromatic rings. The van der Waals surface area contributed by atoms with Crippen LogP contribution in [0.4, 0.5) is 18.9 Å². The number of hydrogen-bond donors (Lipinski definition) is 1. The van der Waals surface area contributed by atoms with Crippen molar-refractivity contribution in [3.63, 3.8) is 0 Å². The van der Waals surface area contributed by atoms with Gasteiger partial charge in [0.25, 0.3) is 0 Å². The Morgan fingerprint density at radius 2 is 2.00 bits per heavy atom. The van der Waals surface area contributed by atoms with Crippen LogP contribution in [0.3, 0.4) is 0 Å². The highest BCUT2D eigenvalue weighted by Crippen LogP contribution is 2.36. The molecular weight excluding hydrogens is 278 g/mol. The van der Waals surface area contributed by atoms with Crippen LogP contribution in [0.2, 0.25) is 5.02 Å². The molecule has 1 rings (SSSR count). The third kappa shape index (κ3) is 4.09. The maximum atomic E-state index is 12.6.